The lowest BCUT2D eigenvalue weighted by molar-refractivity contribution is -0.138. The maximum Gasteiger partial charge on any atom is 0.420 e. The van der Waals surface area contributed by atoms with Crippen molar-refractivity contribution in [1.29, 1.82) is 10.5 Å². The lowest BCUT2D eigenvalue weighted by atomic mass is 9.92. The van der Waals surface area contributed by atoms with E-state index in [1.54, 1.807) is 24.4 Å². The van der Waals surface area contributed by atoms with Crippen LogP contribution in [0, 0.1) is 28.1 Å². The largest absolute Gasteiger partial charge is 0.490 e. The zero-order valence-corrected chi connectivity index (χ0v) is 23.0. The van der Waals surface area contributed by atoms with E-state index in [0.717, 1.165) is 6.07 Å². The van der Waals surface area contributed by atoms with Gasteiger partial charge in [0.25, 0.3) is 6.02 Å². The summed E-state index contributed by atoms with van der Waals surface area (Å²) < 4.78 is 59.6. The Morgan fingerprint density at radius 3 is 2.58 bits per heavy atom. The predicted molar refractivity (Wildman–Crippen MR) is 151 cm³/mol. The third-order valence-electron chi connectivity index (χ3n) is 6.62. The molecule has 10 nitrogen and oxygen atoms in total. The first-order chi connectivity index (χ1) is 20.6. The highest BCUT2D eigenvalue weighted by Gasteiger charge is 2.37. The number of alkyl halides is 3. The van der Waals surface area contributed by atoms with Gasteiger partial charge in [0, 0.05) is 23.6 Å². The van der Waals surface area contributed by atoms with Crippen molar-refractivity contribution in [1.82, 2.24) is 9.97 Å². The molecule has 0 bridgehead atoms. The molecular formula is C30H25F3N6O4. The summed E-state index contributed by atoms with van der Waals surface area (Å²) in [4.78, 5) is 11.3. The molecule has 0 saturated heterocycles. The van der Waals surface area contributed by atoms with Crippen LogP contribution in [0.2, 0.25) is 0 Å². The normalized spacial score (nSPS) is 16.6. The van der Waals surface area contributed by atoms with E-state index in [4.69, 9.17) is 14.2 Å². The molecule has 0 amide bonds. The number of hydrogen-bond donors (Lipinski definition) is 3. The van der Waals surface area contributed by atoms with Crippen LogP contribution in [0.25, 0.3) is 22.2 Å². The van der Waals surface area contributed by atoms with Gasteiger partial charge in [-0.05, 0) is 55.8 Å². The van der Waals surface area contributed by atoms with E-state index in [0.29, 0.717) is 33.5 Å². The van der Waals surface area contributed by atoms with Crippen molar-refractivity contribution in [3.63, 3.8) is 0 Å². The molecule has 220 valence electrons. The number of ether oxygens (including phenoxy) is 3. The maximum absolute atomic E-state index is 14.2. The molecule has 5 rings (SSSR count). The van der Waals surface area contributed by atoms with Gasteiger partial charge < -0.3 is 29.6 Å². The fourth-order valence-electron chi connectivity index (χ4n) is 4.44. The fourth-order valence-corrected chi connectivity index (χ4v) is 4.44. The standard InChI is InChI=1S/C30H25F3N6O4/c1-17(2)42-23-5-3-18(9-19(23)11-34)21-12-37-27-26(21)25(7-8-36-27)43-24-6-4-20(10-22(24)30(31,32)33)39-28-38-14-29(13-35,15-40)16-41-28/h3-10,12,17,40H,14-16H2,1-2H3,(H,36,37)(H,38,39). The van der Waals surface area contributed by atoms with E-state index in [1.807, 2.05) is 19.9 Å². The molecule has 1 atom stereocenters. The van der Waals surface area contributed by atoms with Crippen LogP contribution in [0.3, 0.4) is 0 Å². The zero-order valence-electron chi connectivity index (χ0n) is 23.0. The van der Waals surface area contributed by atoms with E-state index in [-0.39, 0.29) is 36.7 Å². The number of pyridine rings is 1. The number of aromatic amines is 1. The lowest BCUT2D eigenvalue weighted by Crippen LogP contribution is -2.39. The van der Waals surface area contributed by atoms with Crippen LogP contribution in [0.4, 0.5) is 18.9 Å². The first-order valence-electron chi connectivity index (χ1n) is 13.1. The number of hydrogen-bond acceptors (Lipinski definition) is 9. The molecule has 2 aromatic heterocycles. The summed E-state index contributed by atoms with van der Waals surface area (Å²) >= 11 is 0. The molecule has 0 fully saturated rings. The van der Waals surface area contributed by atoms with Crippen molar-refractivity contribution >= 4 is 22.7 Å². The Kier molecular flexibility index (Phi) is 7.85. The van der Waals surface area contributed by atoms with Gasteiger partial charge in [-0.1, -0.05) is 6.07 Å². The van der Waals surface area contributed by atoms with Gasteiger partial charge in [-0.25, -0.2) is 9.98 Å². The van der Waals surface area contributed by atoms with Crippen LogP contribution in [-0.2, 0) is 10.9 Å². The van der Waals surface area contributed by atoms with Crippen LogP contribution >= 0.6 is 0 Å². The molecule has 13 heteroatoms. The minimum atomic E-state index is -4.78. The fraction of sp³-hybridized carbons (Fsp3) is 0.267. The number of aliphatic imine (C=N–C) groups is 1. The van der Waals surface area contributed by atoms with Crippen molar-refractivity contribution in [2.24, 2.45) is 10.4 Å². The SMILES string of the molecule is CC(C)Oc1ccc(-c2c[nH]c3nccc(Oc4ccc(NC5=NCC(C#N)(CO)CO5)cc4C(F)(F)F)c23)cc1C#N. The molecule has 1 aliphatic rings. The van der Waals surface area contributed by atoms with Crippen molar-refractivity contribution in [2.45, 2.75) is 26.1 Å². The van der Waals surface area contributed by atoms with Crippen molar-refractivity contribution in [3.05, 3.63) is 66.0 Å². The highest BCUT2D eigenvalue weighted by Crippen LogP contribution is 2.43. The number of nitriles is 2. The number of nitrogens with one attached hydrogen (secondary N) is 2. The van der Waals surface area contributed by atoms with Crippen molar-refractivity contribution in [3.8, 4) is 40.5 Å². The molecule has 43 heavy (non-hydrogen) atoms. The van der Waals surface area contributed by atoms with Gasteiger partial charge in [0.2, 0.25) is 0 Å². The number of H-pyrrole nitrogens is 1. The number of aromatic nitrogens is 2. The summed E-state index contributed by atoms with van der Waals surface area (Å²) in [6.07, 6.45) is -1.87. The summed E-state index contributed by atoms with van der Waals surface area (Å²) in [5.74, 6) is 0.0817. The summed E-state index contributed by atoms with van der Waals surface area (Å²) in [7, 11) is 0. The van der Waals surface area contributed by atoms with E-state index in [1.165, 1.54) is 24.4 Å². The van der Waals surface area contributed by atoms with E-state index >= 15 is 0 Å². The molecular weight excluding hydrogens is 565 g/mol. The quantitative estimate of drug-likeness (QED) is 0.237. The van der Waals surface area contributed by atoms with Gasteiger partial charge in [-0.15, -0.1) is 0 Å². The molecule has 1 aliphatic heterocycles. The number of fused-ring (bicyclic) bond motifs is 1. The molecule has 0 aliphatic carbocycles. The summed E-state index contributed by atoms with van der Waals surface area (Å²) in [5, 5.41) is 31.5. The van der Waals surface area contributed by atoms with Crippen molar-refractivity contribution in [2.75, 3.05) is 25.1 Å². The first-order valence-corrected chi connectivity index (χ1v) is 13.1. The predicted octanol–water partition coefficient (Wildman–Crippen LogP) is 6.00. The molecule has 1 unspecified atom stereocenters. The van der Waals surface area contributed by atoms with E-state index < -0.39 is 29.5 Å². The second-order valence-electron chi connectivity index (χ2n) is 10.1. The van der Waals surface area contributed by atoms with Crippen LogP contribution in [0.15, 0.2) is 59.9 Å². The van der Waals surface area contributed by atoms with E-state index in [9.17, 15) is 28.8 Å². The number of nitrogens with zero attached hydrogens (tertiary/aromatic N) is 4. The number of amidine groups is 1. The Hall–Kier alpha value is -5.27. The van der Waals surface area contributed by atoms with Crippen LogP contribution in [-0.4, -0.2) is 47.0 Å². The first kappa shape index (κ1) is 29.2. The summed E-state index contributed by atoms with van der Waals surface area (Å²) in [6.45, 7) is 2.98. The minimum absolute atomic E-state index is 0.0295. The minimum Gasteiger partial charge on any atom is -0.490 e. The number of anilines is 1. The Bertz CT molecular complexity index is 1790. The number of aliphatic hydroxyl groups excluding tert-OH is 1. The van der Waals surface area contributed by atoms with E-state index in [2.05, 4.69) is 26.3 Å². The third-order valence-corrected chi connectivity index (χ3v) is 6.62. The van der Waals surface area contributed by atoms with Gasteiger partial charge in [0.15, 0.2) is 0 Å². The Balaban J connectivity index is 1.48. The molecule has 0 saturated carbocycles. The zero-order chi connectivity index (χ0) is 30.8. The average molecular weight is 591 g/mol. The molecule has 0 spiro atoms. The van der Waals surface area contributed by atoms with Crippen LogP contribution in [0.1, 0.15) is 25.0 Å². The Labute approximate surface area is 244 Å². The molecule has 0 radical (unpaired) electrons. The number of halogens is 3. The van der Waals surface area contributed by atoms with Gasteiger partial charge in [0.05, 0.1) is 36.3 Å². The molecule has 3 N–H and O–H groups in total. The number of rotatable bonds is 7. The van der Waals surface area contributed by atoms with Gasteiger partial charge in [0.1, 0.15) is 46.6 Å². The highest BCUT2D eigenvalue weighted by molar-refractivity contribution is 5.98. The molecule has 2 aromatic carbocycles. The summed E-state index contributed by atoms with van der Waals surface area (Å²) in [5.41, 5.74) is -0.364. The van der Waals surface area contributed by atoms with Gasteiger partial charge in [-0.3, -0.25) is 0 Å². The monoisotopic (exact) mass is 590 g/mol. The molecule has 3 heterocycles. The Morgan fingerprint density at radius 2 is 1.93 bits per heavy atom. The summed E-state index contributed by atoms with van der Waals surface area (Å²) in [6, 6.07) is 13.9. The maximum atomic E-state index is 14.2. The van der Waals surface area contributed by atoms with Crippen LogP contribution in [0.5, 0.6) is 17.2 Å². The number of benzene rings is 2. The second kappa shape index (κ2) is 11.5. The highest BCUT2D eigenvalue weighted by atomic mass is 19.4. The Morgan fingerprint density at radius 1 is 1.14 bits per heavy atom. The molecule has 4 aromatic rings. The van der Waals surface area contributed by atoms with Gasteiger partial charge >= 0.3 is 6.18 Å². The van der Waals surface area contributed by atoms with Gasteiger partial charge in [-0.2, -0.15) is 23.7 Å². The van der Waals surface area contributed by atoms with Crippen LogP contribution < -0.4 is 14.8 Å². The smallest absolute Gasteiger partial charge is 0.420 e. The lowest BCUT2D eigenvalue weighted by Gasteiger charge is -2.27. The topological polar surface area (TPSA) is 149 Å². The third kappa shape index (κ3) is 6.03. The van der Waals surface area contributed by atoms with Crippen molar-refractivity contribution < 1.29 is 32.5 Å². The second-order valence-corrected chi connectivity index (χ2v) is 10.1. The number of aliphatic hydroxyl groups is 1. The average Bonchev–Trinajstić information content (AvgIpc) is 3.43.